The van der Waals surface area contributed by atoms with Crippen LogP contribution in [0.3, 0.4) is 0 Å². The fourth-order valence-corrected chi connectivity index (χ4v) is 3.03. The molecular formula is C18H16N2. The van der Waals surface area contributed by atoms with Crippen molar-refractivity contribution >= 4 is 21.8 Å². The van der Waals surface area contributed by atoms with E-state index in [0.717, 1.165) is 6.42 Å². The van der Waals surface area contributed by atoms with Gasteiger partial charge in [-0.05, 0) is 18.1 Å². The van der Waals surface area contributed by atoms with Crippen molar-refractivity contribution in [3.8, 4) is 11.1 Å². The average Bonchev–Trinajstić information content (AvgIpc) is 3.10. The van der Waals surface area contributed by atoms with E-state index in [0.29, 0.717) is 0 Å². The van der Waals surface area contributed by atoms with Gasteiger partial charge in [-0.2, -0.15) is 0 Å². The second-order valence-electron chi connectivity index (χ2n) is 5.14. The maximum atomic E-state index is 3.45. The molecule has 2 aromatic heterocycles. The predicted octanol–water partition coefficient (Wildman–Crippen LogP) is 4.88. The number of benzene rings is 2. The van der Waals surface area contributed by atoms with Crippen LogP contribution >= 0.6 is 0 Å². The Balaban J connectivity index is 2.03. The van der Waals surface area contributed by atoms with Crippen molar-refractivity contribution < 1.29 is 0 Å². The number of nitrogens with one attached hydrogen (secondary N) is 2. The number of aromatic amines is 2. The zero-order valence-electron chi connectivity index (χ0n) is 11.4. The van der Waals surface area contributed by atoms with Crippen LogP contribution in [0.1, 0.15) is 12.5 Å². The third-order valence-electron chi connectivity index (χ3n) is 4.06. The van der Waals surface area contributed by atoms with E-state index in [1.165, 1.54) is 38.5 Å². The molecule has 0 aliphatic rings. The van der Waals surface area contributed by atoms with Gasteiger partial charge in [0.1, 0.15) is 0 Å². The van der Waals surface area contributed by atoms with E-state index in [1.54, 1.807) is 0 Å². The van der Waals surface area contributed by atoms with E-state index >= 15 is 0 Å². The summed E-state index contributed by atoms with van der Waals surface area (Å²) < 4.78 is 0. The largest absolute Gasteiger partial charge is 0.361 e. The number of rotatable bonds is 2. The van der Waals surface area contributed by atoms with E-state index in [9.17, 15) is 0 Å². The van der Waals surface area contributed by atoms with Crippen LogP contribution in [0.15, 0.2) is 54.9 Å². The summed E-state index contributed by atoms with van der Waals surface area (Å²) in [6.07, 6.45) is 5.27. The predicted molar refractivity (Wildman–Crippen MR) is 85.0 cm³/mol. The summed E-state index contributed by atoms with van der Waals surface area (Å²) in [5.74, 6) is 0. The van der Waals surface area contributed by atoms with Crippen LogP contribution in [0.25, 0.3) is 32.9 Å². The number of aryl methyl sites for hydroxylation is 1. The molecule has 0 amide bonds. The Morgan fingerprint density at radius 1 is 0.800 bits per heavy atom. The Morgan fingerprint density at radius 2 is 1.55 bits per heavy atom. The second kappa shape index (κ2) is 4.27. The molecule has 4 aromatic rings. The van der Waals surface area contributed by atoms with Crippen LogP contribution in [0.5, 0.6) is 0 Å². The first-order valence-electron chi connectivity index (χ1n) is 7.04. The maximum Gasteiger partial charge on any atom is 0.0492 e. The number of H-pyrrole nitrogens is 2. The molecule has 0 spiro atoms. The Hall–Kier alpha value is -2.48. The second-order valence-corrected chi connectivity index (χ2v) is 5.14. The van der Waals surface area contributed by atoms with E-state index < -0.39 is 0 Å². The summed E-state index contributed by atoms with van der Waals surface area (Å²) in [5.41, 5.74) is 6.35. The van der Waals surface area contributed by atoms with Gasteiger partial charge in [-0.1, -0.05) is 43.3 Å². The van der Waals surface area contributed by atoms with Crippen molar-refractivity contribution in [1.29, 1.82) is 0 Å². The van der Waals surface area contributed by atoms with Crippen molar-refractivity contribution in [3.63, 3.8) is 0 Å². The van der Waals surface area contributed by atoms with Crippen LogP contribution in [-0.2, 0) is 6.42 Å². The highest BCUT2D eigenvalue weighted by molar-refractivity contribution is 6.05. The van der Waals surface area contributed by atoms with Crippen molar-refractivity contribution in [2.24, 2.45) is 0 Å². The molecule has 20 heavy (non-hydrogen) atoms. The zero-order valence-corrected chi connectivity index (χ0v) is 11.4. The topological polar surface area (TPSA) is 31.6 Å². The Morgan fingerprint density at radius 3 is 2.45 bits per heavy atom. The molecule has 2 heterocycles. The number of fused-ring (bicyclic) bond motifs is 2. The summed E-state index contributed by atoms with van der Waals surface area (Å²) in [6, 6.07) is 15.0. The Labute approximate surface area is 117 Å². The minimum Gasteiger partial charge on any atom is -0.361 e. The van der Waals surface area contributed by atoms with Gasteiger partial charge in [0.2, 0.25) is 0 Å². The number of para-hydroxylation sites is 2. The van der Waals surface area contributed by atoms with Crippen LogP contribution in [0.2, 0.25) is 0 Å². The third kappa shape index (κ3) is 1.51. The summed E-state index contributed by atoms with van der Waals surface area (Å²) in [4.78, 5) is 6.80. The van der Waals surface area contributed by atoms with E-state index in [2.05, 4.69) is 71.7 Å². The standard InChI is InChI=1S/C18H16N2/c1-2-12-6-5-8-14-16(11-20-18(12)14)15-10-19-17-9-4-3-7-13(15)17/h3-11,19-20H,2H2,1H3. The van der Waals surface area contributed by atoms with Crippen LogP contribution in [-0.4, -0.2) is 9.97 Å². The Kier molecular flexibility index (Phi) is 2.43. The molecule has 2 aromatic carbocycles. The van der Waals surface area contributed by atoms with Gasteiger partial charge in [0.25, 0.3) is 0 Å². The first-order chi connectivity index (χ1) is 9.88. The van der Waals surface area contributed by atoms with Crippen molar-refractivity contribution in [1.82, 2.24) is 9.97 Å². The van der Waals surface area contributed by atoms with E-state index in [4.69, 9.17) is 0 Å². The van der Waals surface area contributed by atoms with Crippen molar-refractivity contribution in [2.45, 2.75) is 13.3 Å². The highest BCUT2D eigenvalue weighted by Crippen LogP contribution is 2.34. The normalized spacial score (nSPS) is 11.4. The molecule has 0 aliphatic heterocycles. The highest BCUT2D eigenvalue weighted by Gasteiger charge is 2.11. The van der Waals surface area contributed by atoms with Gasteiger partial charge in [0.05, 0.1) is 0 Å². The van der Waals surface area contributed by atoms with Gasteiger partial charge >= 0.3 is 0 Å². The first kappa shape index (κ1) is 11.4. The minimum atomic E-state index is 1.05. The summed E-state index contributed by atoms with van der Waals surface area (Å²) in [6.45, 7) is 2.20. The average molecular weight is 260 g/mol. The van der Waals surface area contributed by atoms with Gasteiger partial charge in [-0.25, -0.2) is 0 Å². The van der Waals surface area contributed by atoms with Gasteiger partial charge in [0, 0.05) is 45.3 Å². The van der Waals surface area contributed by atoms with Crippen LogP contribution in [0, 0.1) is 0 Å². The molecule has 0 aliphatic carbocycles. The van der Waals surface area contributed by atoms with Gasteiger partial charge in [-0.15, -0.1) is 0 Å². The molecular weight excluding hydrogens is 244 g/mol. The van der Waals surface area contributed by atoms with Gasteiger partial charge in [0.15, 0.2) is 0 Å². The van der Waals surface area contributed by atoms with E-state index in [-0.39, 0.29) is 0 Å². The fourth-order valence-electron chi connectivity index (χ4n) is 3.03. The molecule has 0 fully saturated rings. The van der Waals surface area contributed by atoms with Crippen LogP contribution in [0.4, 0.5) is 0 Å². The maximum absolute atomic E-state index is 3.45. The smallest absolute Gasteiger partial charge is 0.0492 e. The monoisotopic (exact) mass is 260 g/mol. The summed E-state index contributed by atoms with van der Waals surface area (Å²) >= 11 is 0. The number of hydrogen-bond donors (Lipinski definition) is 2. The zero-order chi connectivity index (χ0) is 13.5. The highest BCUT2D eigenvalue weighted by atomic mass is 14.7. The third-order valence-corrected chi connectivity index (χ3v) is 4.06. The molecule has 0 atom stereocenters. The summed E-state index contributed by atoms with van der Waals surface area (Å²) in [5, 5.41) is 2.57. The fraction of sp³-hybridized carbons (Fsp3) is 0.111. The lowest BCUT2D eigenvalue weighted by Crippen LogP contribution is -1.81. The lowest BCUT2D eigenvalue weighted by atomic mass is 10.0. The molecule has 4 rings (SSSR count). The van der Waals surface area contributed by atoms with Gasteiger partial charge in [-0.3, -0.25) is 0 Å². The Bertz CT molecular complexity index is 896. The molecule has 2 nitrogen and oxygen atoms in total. The van der Waals surface area contributed by atoms with Crippen molar-refractivity contribution in [2.75, 3.05) is 0 Å². The molecule has 2 heteroatoms. The molecule has 0 saturated carbocycles. The quantitative estimate of drug-likeness (QED) is 0.515. The lowest BCUT2D eigenvalue weighted by Gasteiger charge is -2.01. The van der Waals surface area contributed by atoms with E-state index in [1.807, 2.05) is 0 Å². The molecule has 98 valence electrons. The van der Waals surface area contributed by atoms with Gasteiger partial charge < -0.3 is 9.97 Å². The molecule has 0 bridgehead atoms. The number of aromatic nitrogens is 2. The summed E-state index contributed by atoms with van der Waals surface area (Å²) in [7, 11) is 0. The lowest BCUT2D eigenvalue weighted by molar-refractivity contribution is 1.15. The first-order valence-corrected chi connectivity index (χ1v) is 7.04. The SMILES string of the molecule is CCc1cccc2c(-c3c[nH]c4ccccc34)c[nH]c12. The number of hydrogen-bond acceptors (Lipinski definition) is 0. The molecule has 0 unspecified atom stereocenters. The van der Waals surface area contributed by atoms with Crippen molar-refractivity contribution in [3.05, 3.63) is 60.4 Å². The molecule has 2 N–H and O–H groups in total. The molecule has 0 saturated heterocycles. The van der Waals surface area contributed by atoms with Crippen LogP contribution < -0.4 is 0 Å². The molecule has 0 radical (unpaired) electrons. The minimum absolute atomic E-state index is 1.05.